The van der Waals surface area contributed by atoms with Crippen molar-refractivity contribution >= 4 is 22.6 Å². The van der Waals surface area contributed by atoms with Crippen molar-refractivity contribution in [3.8, 4) is 40.1 Å². The molecule has 1 N–H and O–H groups in total. The molecule has 0 atom stereocenters. The summed E-state index contributed by atoms with van der Waals surface area (Å²) in [4.78, 5) is 25.8. The maximum absolute atomic E-state index is 13.0. The Balaban J connectivity index is 1.50. The molecule has 1 aromatic heterocycles. The van der Waals surface area contributed by atoms with Gasteiger partial charge in [-0.15, -0.1) is 0 Å². The maximum atomic E-state index is 13.0. The monoisotopic (exact) mass is 475 g/mol. The van der Waals surface area contributed by atoms with Crippen LogP contribution in [-0.4, -0.2) is 34.0 Å². The summed E-state index contributed by atoms with van der Waals surface area (Å²) in [6.07, 6.45) is 0. The minimum Gasteiger partial charge on any atom is -0.493 e. The molecule has 0 unspecified atom stereocenters. The van der Waals surface area contributed by atoms with Gasteiger partial charge in [0.15, 0.2) is 28.4 Å². The number of carbonyl (C=O) groups is 1. The summed E-state index contributed by atoms with van der Waals surface area (Å²) in [6, 6.07) is 14.9. The molecule has 0 saturated heterocycles. The Morgan fingerprint density at radius 2 is 1.69 bits per heavy atom. The van der Waals surface area contributed by atoms with Crippen molar-refractivity contribution in [2.24, 2.45) is 0 Å². The van der Waals surface area contributed by atoms with E-state index in [1.807, 2.05) is 0 Å². The molecule has 2 heterocycles. The number of carbonyl (C=O) groups excluding carboxylic acids is 1. The topological polar surface area (TPSA) is 105 Å². The first-order valence-corrected chi connectivity index (χ1v) is 10.6. The number of ether oxygens (including phenoxy) is 5. The van der Waals surface area contributed by atoms with E-state index < -0.39 is 0 Å². The molecule has 4 aromatic rings. The Morgan fingerprint density at radius 1 is 0.886 bits per heavy atom. The third-order valence-corrected chi connectivity index (χ3v) is 5.56. The molecule has 0 aliphatic carbocycles. The summed E-state index contributed by atoms with van der Waals surface area (Å²) >= 11 is 0. The number of methoxy groups -OCH3 is 3. The fourth-order valence-corrected chi connectivity index (χ4v) is 3.92. The summed E-state index contributed by atoms with van der Waals surface area (Å²) in [5, 5.41) is 3.09. The van der Waals surface area contributed by atoms with Crippen LogP contribution in [0.4, 0.5) is 5.69 Å². The quantitative estimate of drug-likeness (QED) is 0.436. The van der Waals surface area contributed by atoms with Crippen LogP contribution < -0.4 is 34.4 Å². The van der Waals surface area contributed by atoms with Gasteiger partial charge in [-0.3, -0.25) is 9.59 Å². The molecular formula is C26H21NO8. The second-order valence-electron chi connectivity index (χ2n) is 7.60. The number of anilines is 1. The standard InChI is InChI=1S/C26H21NO8/c1-30-22-12-21-23(25(32-3)24(22)31-2)17(28)11-19(35-21)14-5-4-6-16(9-14)27-26(29)15-7-8-18-20(10-15)34-13-33-18/h4-12H,13H2,1-3H3,(H,27,29). The van der Waals surface area contributed by atoms with Crippen molar-refractivity contribution < 1.29 is 32.9 Å². The smallest absolute Gasteiger partial charge is 0.255 e. The van der Waals surface area contributed by atoms with Crippen LogP contribution in [0.5, 0.6) is 28.7 Å². The van der Waals surface area contributed by atoms with Crippen molar-refractivity contribution in [1.82, 2.24) is 0 Å². The number of amides is 1. The third-order valence-electron chi connectivity index (χ3n) is 5.56. The van der Waals surface area contributed by atoms with Crippen LogP contribution in [0.15, 0.2) is 63.8 Å². The number of hydrogen-bond acceptors (Lipinski definition) is 8. The van der Waals surface area contributed by atoms with Crippen LogP contribution in [0.2, 0.25) is 0 Å². The van der Waals surface area contributed by atoms with Gasteiger partial charge in [0.05, 0.1) is 21.3 Å². The Morgan fingerprint density at radius 3 is 2.46 bits per heavy atom. The van der Waals surface area contributed by atoms with Gasteiger partial charge in [0.1, 0.15) is 16.7 Å². The number of nitrogens with one attached hydrogen (secondary N) is 1. The molecule has 9 nitrogen and oxygen atoms in total. The molecular weight excluding hydrogens is 454 g/mol. The molecule has 35 heavy (non-hydrogen) atoms. The Hall–Kier alpha value is -4.66. The predicted molar refractivity (Wildman–Crippen MR) is 128 cm³/mol. The Kier molecular flexibility index (Phi) is 5.66. The van der Waals surface area contributed by atoms with Gasteiger partial charge < -0.3 is 33.4 Å². The minimum absolute atomic E-state index is 0.129. The third kappa shape index (κ3) is 3.97. The molecule has 0 fully saturated rings. The van der Waals surface area contributed by atoms with Crippen molar-refractivity contribution in [3.63, 3.8) is 0 Å². The van der Waals surface area contributed by atoms with Gasteiger partial charge in [-0.1, -0.05) is 12.1 Å². The van der Waals surface area contributed by atoms with E-state index in [2.05, 4.69) is 5.32 Å². The molecule has 178 valence electrons. The highest BCUT2D eigenvalue weighted by molar-refractivity contribution is 6.05. The van der Waals surface area contributed by atoms with Crippen molar-refractivity contribution in [1.29, 1.82) is 0 Å². The normalized spacial score (nSPS) is 11.9. The summed E-state index contributed by atoms with van der Waals surface area (Å²) < 4.78 is 32.8. The first-order chi connectivity index (χ1) is 17.0. The number of rotatable bonds is 6. The minimum atomic E-state index is -0.318. The fourth-order valence-electron chi connectivity index (χ4n) is 3.92. The average molecular weight is 475 g/mol. The Bertz CT molecular complexity index is 1510. The maximum Gasteiger partial charge on any atom is 0.255 e. The van der Waals surface area contributed by atoms with Crippen LogP contribution in [0, 0.1) is 0 Å². The van der Waals surface area contributed by atoms with Gasteiger partial charge >= 0.3 is 0 Å². The molecule has 1 aliphatic rings. The van der Waals surface area contributed by atoms with Crippen molar-refractivity contribution in [2.75, 3.05) is 33.4 Å². The lowest BCUT2D eigenvalue weighted by Crippen LogP contribution is -2.11. The first kappa shape index (κ1) is 22.1. The fraction of sp³-hybridized carbons (Fsp3) is 0.154. The van der Waals surface area contributed by atoms with Gasteiger partial charge in [-0.2, -0.15) is 0 Å². The van der Waals surface area contributed by atoms with Crippen LogP contribution in [-0.2, 0) is 0 Å². The summed E-state index contributed by atoms with van der Waals surface area (Å²) in [7, 11) is 4.39. The molecule has 5 rings (SSSR count). The second-order valence-corrected chi connectivity index (χ2v) is 7.60. The van der Waals surface area contributed by atoms with Crippen LogP contribution in [0.1, 0.15) is 10.4 Å². The number of fused-ring (bicyclic) bond motifs is 2. The summed E-state index contributed by atoms with van der Waals surface area (Å²) in [5.41, 5.74) is 1.51. The largest absolute Gasteiger partial charge is 0.493 e. The van der Waals surface area contributed by atoms with Gasteiger partial charge in [-0.05, 0) is 30.3 Å². The van der Waals surface area contributed by atoms with Crippen LogP contribution in [0.3, 0.4) is 0 Å². The molecule has 3 aromatic carbocycles. The zero-order chi connectivity index (χ0) is 24.5. The molecule has 9 heteroatoms. The first-order valence-electron chi connectivity index (χ1n) is 10.6. The van der Waals surface area contributed by atoms with Gasteiger partial charge in [0.25, 0.3) is 5.91 Å². The van der Waals surface area contributed by atoms with Crippen molar-refractivity contribution in [3.05, 3.63) is 70.4 Å². The summed E-state index contributed by atoms with van der Waals surface area (Å²) in [5.74, 6) is 2.01. The lowest BCUT2D eigenvalue weighted by Gasteiger charge is -2.14. The van der Waals surface area contributed by atoms with E-state index in [1.165, 1.54) is 27.4 Å². The molecule has 1 amide bonds. The predicted octanol–water partition coefficient (Wildman–Crippen LogP) is 4.47. The zero-order valence-corrected chi connectivity index (χ0v) is 19.2. The summed E-state index contributed by atoms with van der Waals surface area (Å²) in [6.45, 7) is 0.129. The van der Waals surface area contributed by atoms with Crippen LogP contribution >= 0.6 is 0 Å². The highest BCUT2D eigenvalue weighted by atomic mass is 16.7. The molecule has 0 radical (unpaired) electrons. The zero-order valence-electron chi connectivity index (χ0n) is 19.2. The lowest BCUT2D eigenvalue weighted by atomic mass is 10.1. The molecule has 0 spiro atoms. The number of benzene rings is 3. The van der Waals surface area contributed by atoms with E-state index in [4.69, 9.17) is 28.1 Å². The van der Waals surface area contributed by atoms with E-state index in [0.29, 0.717) is 45.6 Å². The Labute approximate surface area is 199 Å². The highest BCUT2D eigenvalue weighted by Gasteiger charge is 2.21. The highest BCUT2D eigenvalue weighted by Crippen LogP contribution is 2.43. The van der Waals surface area contributed by atoms with E-state index in [-0.39, 0.29) is 34.8 Å². The van der Waals surface area contributed by atoms with E-state index in [1.54, 1.807) is 48.5 Å². The van der Waals surface area contributed by atoms with Gasteiger partial charge in [0.2, 0.25) is 12.5 Å². The SMILES string of the molecule is COc1cc2oc(-c3cccc(NC(=O)c4ccc5c(c4)OCO5)c3)cc(=O)c2c(OC)c1OC. The van der Waals surface area contributed by atoms with Gasteiger partial charge in [0, 0.05) is 28.9 Å². The van der Waals surface area contributed by atoms with Gasteiger partial charge in [-0.25, -0.2) is 0 Å². The molecule has 0 bridgehead atoms. The van der Waals surface area contributed by atoms with Crippen LogP contribution in [0.25, 0.3) is 22.3 Å². The number of hydrogen-bond donors (Lipinski definition) is 1. The van der Waals surface area contributed by atoms with Crippen molar-refractivity contribution in [2.45, 2.75) is 0 Å². The lowest BCUT2D eigenvalue weighted by molar-refractivity contribution is 0.102. The molecule has 0 saturated carbocycles. The molecule has 1 aliphatic heterocycles. The van der Waals surface area contributed by atoms with E-state index in [0.717, 1.165) is 0 Å². The average Bonchev–Trinajstić information content (AvgIpc) is 3.35. The van der Waals surface area contributed by atoms with E-state index in [9.17, 15) is 9.59 Å². The van der Waals surface area contributed by atoms with E-state index >= 15 is 0 Å². The second kappa shape index (κ2) is 8.94.